The number of para-hydroxylation sites is 1. The average molecular weight is 362 g/mol. The fourth-order valence-corrected chi connectivity index (χ4v) is 7.20. The standard InChI is InChI=1S/C22H23NSSi/c1-23(16-10-6-5-7-11-16)19-14-8-12-17-18-13-9-15-20(25(2,3)4)22(18)24-21(17)19/h5-15H,1-4H3. The van der Waals surface area contributed by atoms with Crippen LogP contribution in [0.2, 0.25) is 19.6 Å². The van der Waals surface area contributed by atoms with Crippen molar-refractivity contribution in [1.82, 2.24) is 0 Å². The molecule has 3 heteroatoms. The summed E-state index contributed by atoms with van der Waals surface area (Å²) in [6.45, 7) is 7.30. The molecule has 1 aromatic heterocycles. The van der Waals surface area contributed by atoms with E-state index in [9.17, 15) is 0 Å². The van der Waals surface area contributed by atoms with Crippen molar-refractivity contribution in [3.63, 3.8) is 0 Å². The maximum absolute atomic E-state index is 2.43. The fraction of sp³-hybridized carbons (Fsp3) is 0.182. The molecular weight excluding hydrogens is 338 g/mol. The second-order valence-electron chi connectivity index (χ2n) is 7.58. The zero-order valence-electron chi connectivity index (χ0n) is 15.2. The molecule has 0 saturated heterocycles. The number of hydrogen-bond acceptors (Lipinski definition) is 2. The maximum atomic E-state index is 2.43. The summed E-state index contributed by atoms with van der Waals surface area (Å²) in [7, 11) is 0.788. The third kappa shape index (κ3) is 2.77. The van der Waals surface area contributed by atoms with Gasteiger partial charge in [0.15, 0.2) is 0 Å². The summed E-state index contributed by atoms with van der Waals surface area (Å²) in [6, 6.07) is 24.1. The van der Waals surface area contributed by atoms with Crippen LogP contribution in [0.4, 0.5) is 11.4 Å². The van der Waals surface area contributed by atoms with Crippen LogP contribution in [0.15, 0.2) is 66.7 Å². The van der Waals surface area contributed by atoms with Crippen molar-refractivity contribution in [1.29, 1.82) is 0 Å². The summed E-state index contributed by atoms with van der Waals surface area (Å²) in [4.78, 5) is 2.30. The first-order chi connectivity index (χ1) is 12.0. The highest BCUT2D eigenvalue weighted by Gasteiger charge is 2.22. The van der Waals surface area contributed by atoms with Crippen LogP contribution in [-0.4, -0.2) is 15.1 Å². The predicted octanol–water partition coefficient (Wildman–Crippen LogP) is 6.37. The minimum Gasteiger partial charge on any atom is -0.343 e. The first-order valence-corrected chi connectivity index (χ1v) is 13.0. The van der Waals surface area contributed by atoms with E-state index in [1.807, 2.05) is 11.3 Å². The highest BCUT2D eigenvalue weighted by Crippen LogP contribution is 2.40. The molecular formula is C22H23NSSi. The molecule has 1 heterocycles. The van der Waals surface area contributed by atoms with Crippen LogP contribution in [-0.2, 0) is 0 Å². The van der Waals surface area contributed by atoms with Gasteiger partial charge in [-0.2, -0.15) is 0 Å². The number of thiophene rings is 1. The monoisotopic (exact) mass is 361 g/mol. The highest BCUT2D eigenvalue weighted by atomic mass is 32.1. The van der Waals surface area contributed by atoms with Crippen molar-refractivity contribution in [2.45, 2.75) is 19.6 Å². The van der Waals surface area contributed by atoms with Gasteiger partial charge in [0.25, 0.3) is 0 Å². The van der Waals surface area contributed by atoms with Crippen molar-refractivity contribution in [3.8, 4) is 0 Å². The Morgan fingerprint density at radius 1 is 0.720 bits per heavy atom. The first-order valence-electron chi connectivity index (χ1n) is 8.70. The van der Waals surface area contributed by atoms with E-state index in [0.717, 1.165) is 0 Å². The lowest BCUT2D eigenvalue weighted by molar-refractivity contribution is 1.22. The molecule has 3 aromatic carbocycles. The van der Waals surface area contributed by atoms with E-state index in [4.69, 9.17) is 0 Å². The second kappa shape index (κ2) is 6.01. The van der Waals surface area contributed by atoms with Gasteiger partial charge in [0.1, 0.15) is 0 Å². The maximum Gasteiger partial charge on any atom is 0.0794 e. The molecule has 126 valence electrons. The molecule has 0 aliphatic heterocycles. The van der Waals surface area contributed by atoms with E-state index in [-0.39, 0.29) is 0 Å². The molecule has 0 atom stereocenters. The van der Waals surface area contributed by atoms with E-state index in [2.05, 4.69) is 98.3 Å². The van der Waals surface area contributed by atoms with Gasteiger partial charge < -0.3 is 4.90 Å². The largest absolute Gasteiger partial charge is 0.343 e. The van der Waals surface area contributed by atoms with Gasteiger partial charge in [-0.15, -0.1) is 11.3 Å². The van der Waals surface area contributed by atoms with Crippen LogP contribution in [0, 0.1) is 0 Å². The van der Waals surface area contributed by atoms with E-state index in [0.29, 0.717) is 0 Å². The van der Waals surface area contributed by atoms with Crippen LogP contribution in [0.3, 0.4) is 0 Å². The topological polar surface area (TPSA) is 3.24 Å². The third-order valence-corrected chi connectivity index (χ3v) is 8.31. The number of fused-ring (bicyclic) bond motifs is 3. The molecule has 25 heavy (non-hydrogen) atoms. The summed E-state index contributed by atoms with van der Waals surface area (Å²) in [5, 5.41) is 4.35. The van der Waals surface area contributed by atoms with Crippen LogP contribution < -0.4 is 10.1 Å². The Balaban J connectivity index is 1.99. The highest BCUT2D eigenvalue weighted by molar-refractivity contribution is 7.28. The van der Waals surface area contributed by atoms with Crippen LogP contribution >= 0.6 is 11.3 Å². The van der Waals surface area contributed by atoms with Crippen LogP contribution in [0.1, 0.15) is 0 Å². The van der Waals surface area contributed by atoms with Crippen molar-refractivity contribution in [2.75, 3.05) is 11.9 Å². The van der Waals surface area contributed by atoms with Gasteiger partial charge in [-0.3, -0.25) is 0 Å². The smallest absolute Gasteiger partial charge is 0.0794 e. The van der Waals surface area contributed by atoms with Gasteiger partial charge >= 0.3 is 0 Å². The molecule has 0 radical (unpaired) electrons. The van der Waals surface area contributed by atoms with Crippen molar-refractivity contribution in [3.05, 3.63) is 66.7 Å². The minimum atomic E-state index is -1.37. The normalized spacial score (nSPS) is 12.0. The van der Waals surface area contributed by atoms with Crippen molar-refractivity contribution >= 4 is 56.1 Å². The molecule has 0 fully saturated rings. The Bertz CT molecular complexity index is 1040. The van der Waals surface area contributed by atoms with Gasteiger partial charge in [0.2, 0.25) is 0 Å². The quantitative estimate of drug-likeness (QED) is 0.383. The summed E-state index contributed by atoms with van der Waals surface area (Å²) < 4.78 is 2.86. The number of rotatable bonds is 3. The van der Waals surface area contributed by atoms with E-state index >= 15 is 0 Å². The zero-order valence-corrected chi connectivity index (χ0v) is 17.0. The fourth-order valence-electron chi connectivity index (χ4n) is 3.45. The molecule has 0 bridgehead atoms. The Morgan fingerprint density at radius 3 is 2.04 bits per heavy atom. The van der Waals surface area contributed by atoms with Gasteiger partial charge in [-0.05, 0) is 23.4 Å². The molecule has 0 N–H and O–H groups in total. The van der Waals surface area contributed by atoms with Gasteiger partial charge in [0.05, 0.1) is 18.5 Å². The minimum absolute atomic E-state index is 1.22. The summed E-state index contributed by atoms with van der Waals surface area (Å²) in [5.41, 5.74) is 2.50. The lowest BCUT2D eigenvalue weighted by Crippen LogP contribution is -2.37. The Morgan fingerprint density at radius 2 is 1.36 bits per heavy atom. The van der Waals surface area contributed by atoms with Gasteiger partial charge in [0, 0.05) is 28.2 Å². The lowest BCUT2D eigenvalue weighted by Gasteiger charge is -2.20. The molecule has 0 aliphatic carbocycles. The van der Waals surface area contributed by atoms with Crippen LogP contribution in [0.25, 0.3) is 20.2 Å². The number of nitrogens with zero attached hydrogens (tertiary/aromatic N) is 1. The molecule has 4 aromatic rings. The molecule has 0 amide bonds. The Labute approximate surface area is 154 Å². The van der Waals surface area contributed by atoms with E-state index < -0.39 is 8.07 Å². The molecule has 0 aliphatic rings. The van der Waals surface area contributed by atoms with E-state index in [1.165, 1.54) is 31.5 Å². The summed E-state index contributed by atoms with van der Waals surface area (Å²) in [5.74, 6) is 0. The van der Waals surface area contributed by atoms with Crippen molar-refractivity contribution < 1.29 is 0 Å². The predicted molar refractivity (Wildman–Crippen MR) is 117 cm³/mol. The zero-order chi connectivity index (χ0) is 17.6. The van der Waals surface area contributed by atoms with Gasteiger partial charge in [-0.25, -0.2) is 0 Å². The molecule has 1 nitrogen and oxygen atoms in total. The second-order valence-corrected chi connectivity index (χ2v) is 13.6. The van der Waals surface area contributed by atoms with E-state index in [1.54, 1.807) is 5.19 Å². The summed E-state index contributed by atoms with van der Waals surface area (Å²) in [6.07, 6.45) is 0. The lowest BCUT2D eigenvalue weighted by atomic mass is 10.1. The molecule has 4 rings (SSSR count). The molecule has 0 spiro atoms. The number of anilines is 2. The average Bonchev–Trinajstić information content (AvgIpc) is 2.99. The Kier molecular flexibility index (Phi) is 3.93. The van der Waals surface area contributed by atoms with Crippen LogP contribution in [0.5, 0.6) is 0 Å². The first kappa shape index (κ1) is 16.4. The van der Waals surface area contributed by atoms with Crippen molar-refractivity contribution in [2.24, 2.45) is 0 Å². The third-order valence-electron chi connectivity index (χ3n) is 4.82. The Hall–Kier alpha value is -2.10. The molecule has 0 unspecified atom stereocenters. The summed E-state index contributed by atoms with van der Waals surface area (Å²) >= 11 is 1.96. The molecule has 0 saturated carbocycles. The number of hydrogen-bond donors (Lipinski definition) is 0. The SMILES string of the molecule is CN(c1ccccc1)c1cccc2c1sc1c([Si](C)(C)C)cccc12. The number of benzene rings is 3. The van der Waals surface area contributed by atoms with Gasteiger partial charge in [-0.1, -0.05) is 68.2 Å².